The number of benzene rings is 2. The van der Waals surface area contributed by atoms with Crippen LogP contribution in [0, 0.1) is 0 Å². The Labute approximate surface area is 212 Å². The first-order valence-electron chi connectivity index (χ1n) is 13.0. The second kappa shape index (κ2) is 8.37. The Balaban J connectivity index is 1.33. The Morgan fingerprint density at radius 1 is 1.25 bits per heavy atom. The number of hydrogen-bond acceptors (Lipinski definition) is 6. The average Bonchev–Trinajstić information content (AvgIpc) is 3.47. The molecular weight excluding hydrogens is 452 g/mol. The molecule has 1 fully saturated rings. The zero-order valence-electron chi connectivity index (χ0n) is 21.3. The second-order valence-corrected chi connectivity index (χ2v) is 10.4. The molecule has 1 saturated heterocycles. The standard InChI is InChI=1S/C29H34N4O3/c1-5-28(6-2)16-25(34)33-26-22-15-20(18(3)30-23-13-11-19-9-7-8-10-21(19)23)12-14-24(22)36-17-29(26,35-4)32-27(33)31-28/h7-10,12,14-15,23,26,30H,3,5-6,11,13,16-17H2,1-2,4H3,(H,31,32). The first-order chi connectivity index (χ1) is 17.4. The van der Waals surface area contributed by atoms with Crippen LogP contribution in [-0.2, 0) is 16.0 Å². The molecule has 0 aromatic heterocycles. The summed E-state index contributed by atoms with van der Waals surface area (Å²) >= 11 is 0. The fourth-order valence-electron chi connectivity index (χ4n) is 6.27. The molecule has 0 saturated carbocycles. The highest BCUT2D eigenvalue weighted by Gasteiger charge is 2.59. The highest BCUT2D eigenvalue weighted by Crippen LogP contribution is 2.50. The Hall–Kier alpha value is -3.32. The molecule has 3 unspecified atom stereocenters. The number of ether oxygens (including phenoxy) is 2. The second-order valence-electron chi connectivity index (χ2n) is 10.4. The topological polar surface area (TPSA) is 75.2 Å². The first-order valence-corrected chi connectivity index (χ1v) is 13.0. The fourth-order valence-corrected chi connectivity index (χ4v) is 6.27. The lowest BCUT2D eigenvalue weighted by Gasteiger charge is -2.44. The zero-order valence-corrected chi connectivity index (χ0v) is 21.3. The van der Waals surface area contributed by atoms with E-state index < -0.39 is 11.8 Å². The van der Waals surface area contributed by atoms with Crippen LogP contribution in [-0.4, -0.2) is 41.7 Å². The lowest BCUT2D eigenvalue weighted by atomic mass is 9.85. The number of carbonyl (C=O) groups excluding carboxylic acids is 1. The molecule has 4 aliphatic rings. The third kappa shape index (κ3) is 3.36. The van der Waals surface area contributed by atoms with E-state index in [1.807, 2.05) is 12.1 Å². The van der Waals surface area contributed by atoms with Crippen LogP contribution in [0.2, 0.25) is 0 Å². The minimum absolute atomic E-state index is 0.0675. The van der Waals surface area contributed by atoms with Gasteiger partial charge in [0.1, 0.15) is 18.4 Å². The van der Waals surface area contributed by atoms with Crippen molar-refractivity contribution in [1.82, 2.24) is 15.5 Å². The maximum atomic E-state index is 13.6. The number of hydrogen-bond donors (Lipinski definition) is 2. The van der Waals surface area contributed by atoms with Gasteiger partial charge in [0.15, 0.2) is 0 Å². The molecule has 3 atom stereocenters. The van der Waals surface area contributed by atoms with Crippen LogP contribution in [0.4, 0.5) is 0 Å². The number of fused-ring (bicyclic) bond motifs is 6. The zero-order chi connectivity index (χ0) is 25.1. The molecular formula is C29H34N4O3. The van der Waals surface area contributed by atoms with E-state index in [9.17, 15) is 4.79 Å². The summed E-state index contributed by atoms with van der Waals surface area (Å²) in [7, 11) is 1.64. The van der Waals surface area contributed by atoms with E-state index in [0.717, 1.165) is 48.3 Å². The van der Waals surface area contributed by atoms with Crippen molar-refractivity contribution in [2.24, 2.45) is 4.99 Å². The third-order valence-corrected chi connectivity index (χ3v) is 8.62. The summed E-state index contributed by atoms with van der Waals surface area (Å²) < 4.78 is 12.1. The number of amides is 1. The number of nitrogens with zero attached hydrogens (tertiary/aromatic N) is 2. The van der Waals surface area contributed by atoms with E-state index in [2.05, 4.69) is 61.4 Å². The van der Waals surface area contributed by atoms with Crippen LogP contribution in [0.5, 0.6) is 5.75 Å². The Morgan fingerprint density at radius 3 is 2.83 bits per heavy atom. The van der Waals surface area contributed by atoms with E-state index in [1.165, 1.54) is 11.1 Å². The van der Waals surface area contributed by atoms with Crippen LogP contribution in [0.25, 0.3) is 5.70 Å². The molecule has 1 aliphatic carbocycles. The van der Waals surface area contributed by atoms with E-state index in [1.54, 1.807) is 12.0 Å². The minimum Gasteiger partial charge on any atom is -0.488 e. The van der Waals surface area contributed by atoms with Crippen LogP contribution >= 0.6 is 0 Å². The molecule has 0 bridgehead atoms. The summed E-state index contributed by atoms with van der Waals surface area (Å²) in [5.41, 5.74) is 4.18. The van der Waals surface area contributed by atoms with E-state index in [4.69, 9.17) is 14.5 Å². The molecule has 3 aliphatic heterocycles. The summed E-state index contributed by atoms with van der Waals surface area (Å²) in [6.45, 7) is 8.84. The highest BCUT2D eigenvalue weighted by atomic mass is 16.6. The van der Waals surface area contributed by atoms with Gasteiger partial charge in [0.25, 0.3) is 0 Å². The molecule has 2 aromatic rings. The fraction of sp³-hybridized carbons (Fsp3) is 0.448. The average molecular weight is 487 g/mol. The van der Waals surface area contributed by atoms with E-state index in [0.29, 0.717) is 12.4 Å². The molecule has 0 spiro atoms. The lowest BCUT2D eigenvalue weighted by Crippen LogP contribution is -2.62. The molecule has 36 heavy (non-hydrogen) atoms. The van der Waals surface area contributed by atoms with Crippen molar-refractivity contribution in [2.75, 3.05) is 13.7 Å². The summed E-state index contributed by atoms with van der Waals surface area (Å²) in [6.07, 6.45) is 4.24. The minimum atomic E-state index is -0.986. The molecule has 2 N–H and O–H groups in total. The molecule has 1 amide bonds. The Morgan fingerprint density at radius 2 is 2.06 bits per heavy atom. The number of aliphatic imine (C=N–C) groups is 1. The smallest absolute Gasteiger partial charge is 0.232 e. The lowest BCUT2D eigenvalue weighted by molar-refractivity contribution is -0.140. The number of methoxy groups -OCH3 is 1. The molecule has 188 valence electrons. The Bertz CT molecular complexity index is 1270. The van der Waals surface area contributed by atoms with Crippen LogP contribution in [0.15, 0.2) is 54.0 Å². The van der Waals surface area contributed by atoms with Crippen molar-refractivity contribution in [1.29, 1.82) is 0 Å². The van der Waals surface area contributed by atoms with Crippen molar-refractivity contribution < 1.29 is 14.3 Å². The summed E-state index contributed by atoms with van der Waals surface area (Å²) in [5.74, 6) is 1.41. The van der Waals surface area contributed by atoms with Crippen molar-refractivity contribution in [3.8, 4) is 5.75 Å². The van der Waals surface area contributed by atoms with Gasteiger partial charge >= 0.3 is 0 Å². The number of nitrogens with one attached hydrogen (secondary N) is 2. The van der Waals surface area contributed by atoms with Crippen LogP contribution < -0.4 is 15.4 Å². The molecule has 6 rings (SSSR count). The normalized spacial score (nSPS) is 27.1. The predicted molar refractivity (Wildman–Crippen MR) is 139 cm³/mol. The van der Waals surface area contributed by atoms with E-state index >= 15 is 0 Å². The van der Waals surface area contributed by atoms with E-state index in [-0.39, 0.29) is 24.1 Å². The largest absolute Gasteiger partial charge is 0.488 e. The highest BCUT2D eigenvalue weighted by molar-refractivity contribution is 6.03. The molecule has 0 radical (unpaired) electrons. The van der Waals surface area contributed by atoms with Gasteiger partial charge in [0.2, 0.25) is 17.6 Å². The van der Waals surface area contributed by atoms with Gasteiger partial charge in [0, 0.05) is 23.9 Å². The van der Waals surface area contributed by atoms with Gasteiger partial charge < -0.3 is 20.1 Å². The molecule has 7 nitrogen and oxygen atoms in total. The predicted octanol–water partition coefficient (Wildman–Crippen LogP) is 4.46. The van der Waals surface area contributed by atoms with Gasteiger partial charge in [-0.25, -0.2) is 4.99 Å². The van der Waals surface area contributed by atoms with Crippen molar-refractivity contribution in [2.45, 2.75) is 69.3 Å². The maximum absolute atomic E-state index is 13.6. The number of guanidine groups is 1. The van der Waals surface area contributed by atoms with Gasteiger partial charge in [-0.3, -0.25) is 9.69 Å². The van der Waals surface area contributed by atoms with Gasteiger partial charge in [-0.15, -0.1) is 0 Å². The molecule has 2 aromatic carbocycles. The SMILES string of the molecule is C=C(NC1CCc2ccccc21)c1ccc2c(c1)C1N3C(=O)CC(CC)(CC)NC3=NC1(OC)CO2. The summed E-state index contributed by atoms with van der Waals surface area (Å²) in [6, 6.07) is 14.5. The summed E-state index contributed by atoms with van der Waals surface area (Å²) in [4.78, 5) is 20.3. The third-order valence-electron chi connectivity index (χ3n) is 8.62. The van der Waals surface area contributed by atoms with Crippen molar-refractivity contribution in [3.05, 3.63) is 71.3 Å². The Kier molecular flexibility index (Phi) is 5.37. The quantitative estimate of drug-likeness (QED) is 0.631. The monoisotopic (exact) mass is 486 g/mol. The summed E-state index contributed by atoms with van der Waals surface area (Å²) in [5, 5.41) is 7.23. The van der Waals surface area contributed by atoms with Crippen molar-refractivity contribution in [3.63, 3.8) is 0 Å². The number of rotatable bonds is 6. The van der Waals surface area contributed by atoms with Gasteiger partial charge in [0.05, 0.1) is 12.5 Å². The van der Waals surface area contributed by atoms with Crippen LogP contribution in [0.3, 0.4) is 0 Å². The molecule has 3 heterocycles. The maximum Gasteiger partial charge on any atom is 0.232 e. The molecule has 7 heteroatoms. The number of aryl methyl sites for hydroxylation is 1. The van der Waals surface area contributed by atoms with Crippen molar-refractivity contribution >= 4 is 17.6 Å². The van der Waals surface area contributed by atoms with Crippen LogP contribution in [0.1, 0.15) is 73.9 Å². The first kappa shape index (κ1) is 23.1. The van der Waals surface area contributed by atoms with Gasteiger partial charge in [-0.1, -0.05) is 44.7 Å². The number of carbonyl (C=O) groups is 1. The van der Waals surface area contributed by atoms with Gasteiger partial charge in [-0.05, 0) is 60.6 Å². The van der Waals surface area contributed by atoms with Gasteiger partial charge in [-0.2, -0.15) is 0 Å².